The zero-order chi connectivity index (χ0) is 28.6. The fraction of sp³-hybridized carbons (Fsp3) is 0.333. The van der Waals surface area contributed by atoms with Gasteiger partial charge in [0.2, 0.25) is 5.95 Å². The Labute approximate surface area is 239 Å². The number of rotatable bonds is 10. The molecule has 2 atom stereocenters. The Morgan fingerprint density at radius 3 is 2.59 bits per heavy atom. The van der Waals surface area contributed by atoms with Crippen molar-refractivity contribution >= 4 is 34.9 Å². The number of nitrogens with one attached hydrogen (secondary N) is 3. The molecule has 212 valence electrons. The van der Waals surface area contributed by atoms with E-state index in [1.807, 2.05) is 63.2 Å². The van der Waals surface area contributed by atoms with Crippen LogP contribution in [0.3, 0.4) is 0 Å². The van der Waals surface area contributed by atoms with Gasteiger partial charge in [0, 0.05) is 49.1 Å². The van der Waals surface area contributed by atoms with Gasteiger partial charge in [-0.3, -0.25) is 4.79 Å². The Morgan fingerprint density at radius 2 is 1.80 bits per heavy atom. The molecule has 41 heavy (non-hydrogen) atoms. The third-order valence-corrected chi connectivity index (χ3v) is 6.80. The second-order valence-electron chi connectivity index (χ2n) is 9.96. The molecule has 11 heteroatoms. The van der Waals surface area contributed by atoms with Crippen LogP contribution in [0.2, 0.25) is 0 Å². The highest BCUT2D eigenvalue weighted by Crippen LogP contribution is 2.25. The van der Waals surface area contributed by atoms with Crippen molar-refractivity contribution in [1.29, 1.82) is 0 Å². The second kappa shape index (κ2) is 13.1. The molecule has 0 aliphatic carbocycles. The number of piperazine rings is 1. The van der Waals surface area contributed by atoms with Crippen molar-refractivity contribution in [2.24, 2.45) is 0 Å². The van der Waals surface area contributed by atoms with Gasteiger partial charge < -0.3 is 25.6 Å². The normalized spacial score (nSPS) is 15.7. The summed E-state index contributed by atoms with van der Waals surface area (Å²) in [5.41, 5.74) is 3.51. The predicted octanol–water partition coefficient (Wildman–Crippen LogP) is 4.63. The molecule has 4 heterocycles. The summed E-state index contributed by atoms with van der Waals surface area (Å²) in [5.74, 6) is 2.02. The molecule has 3 aromatic heterocycles. The van der Waals surface area contributed by atoms with E-state index in [2.05, 4.69) is 45.8 Å². The van der Waals surface area contributed by atoms with Gasteiger partial charge in [0.15, 0.2) is 5.82 Å². The van der Waals surface area contributed by atoms with E-state index in [0.717, 1.165) is 43.1 Å². The molecule has 5 rings (SSSR count). The Bertz CT molecular complexity index is 1460. The standard InChI is InChI=1S/C30H35N9O2/c1-4-21(3)41-28(40)18-24-19-31-16-17-39(24)23-10-8-22(9-11-23)35-30-33-15-13-27(38-30)36-26-12-14-32-29(37-26)25-7-5-6-20(2)34-25/h5-15,21,24,31H,4,16-19H2,1-3H3,(H2,32,33,35,36,37,38)/t21-,24?/m1/s1. The van der Waals surface area contributed by atoms with Crippen LogP contribution >= 0.6 is 0 Å². The van der Waals surface area contributed by atoms with Crippen molar-refractivity contribution in [2.75, 3.05) is 35.2 Å². The van der Waals surface area contributed by atoms with E-state index in [-0.39, 0.29) is 18.1 Å². The second-order valence-corrected chi connectivity index (χ2v) is 9.96. The van der Waals surface area contributed by atoms with Crippen LogP contribution in [-0.2, 0) is 9.53 Å². The topological polar surface area (TPSA) is 130 Å². The molecule has 0 radical (unpaired) electrons. The van der Waals surface area contributed by atoms with Gasteiger partial charge in [0.1, 0.15) is 17.3 Å². The van der Waals surface area contributed by atoms with Crippen LogP contribution in [-0.4, -0.2) is 62.7 Å². The number of nitrogens with zero attached hydrogens (tertiary/aromatic N) is 6. The van der Waals surface area contributed by atoms with Crippen molar-refractivity contribution in [2.45, 2.75) is 45.8 Å². The summed E-state index contributed by atoms with van der Waals surface area (Å²) in [4.78, 5) is 37.1. The summed E-state index contributed by atoms with van der Waals surface area (Å²) in [6.45, 7) is 8.28. The van der Waals surface area contributed by atoms with Gasteiger partial charge >= 0.3 is 5.97 Å². The minimum atomic E-state index is -0.160. The number of hydrogen-bond donors (Lipinski definition) is 3. The van der Waals surface area contributed by atoms with Gasteiger partial charge in [-0.2, -0.15) is 4.98 Å². The van der Waals surface area contributed by atoms with E-state index in [1.165, 1.54) is 0 Å². The fourth-order valence-corrected chi connectivity index (χ4v) is 4.54. The lowest BCUT2D eigenvalue weighted by Crippen LogP contribution is -2.52. The van der Waals surface area contributed by atoms with Crippen molar-refractivity contribution in [3.63, 3.8) is 0 Å². The number of carbonyl (C=O) groups is 1. The first kappa shape index (κ1) is 27.9. The van der Waals surface area contributed by atoms with Crippen LogP contribution in [0.1, 0.15) is 32.4 Å². The summed E-state index contributed by atoms with van der Waals surface area (Å²) in [5, 5.41) is 9.88. The van der Waals surface area contributed by atoms with E-state index in [0.29, 0.717) is 35.5 Å². The number of pyridine rings is 1. The lowest BCUT2D eigenvalue weighted by molar-refractivity contribution is -0.148. The van der Waals surface area contributed by atoms with Gasteiger partial charge in [0.25, 0.3) is 0 Å². The Morgan fingerprint density at radius 1 is 1.02 bits per heavy atom. The number of carbonyl (C=O) groups excluding carboxylic acids is 1. The van der Waals surface area contributed by atoms with Gasteiger partial charge in [0.05, 0.1) is 18.6 Å². The summed E-state index contributed by atoms with van der Waals surface area (Å²) in [7, 11) is 0. The minimum absolute atomic E-state index is 0.0363. The quantitative estimate of drug-likeness (QED) is 0.238. The van der Waals surface area contributed by atoms with Crippen LogP contribution in [0.15, 0.2) is 67.0 Å². The zero-order valence-corrected chi connectivity index (χ0v) is 23.5. The average Bonchev–Trinajstić information content (AvgIpc) is 2.98. The summed E-state index contributed by atoms with van der Waals surface area (Å²) >= 11 is 0. The SMILES string of the molecule is CC[C@@H](C)OC(=O)CC1CNCCN1c1ccc(Nc2nccc(Nc3ccnc(-c4cccc(C)n4)n3)n2)cc1. The maximum Gasteiger partial charge on any atom is 0.308 e. The number of aryl methyl sites for hydroxylation is 1. The number of hydrogen-bond acceptors (Lipinski definition) is 11. The van der Waals surface area contributed by atoms with E-state index in [9.17, 15) is 4.79 Å². The third-order valence-electron chi connectivity index (χ3n) is 6.80. The third kappa shape index (κ3) is 7.52. The number of anilines is 5. The van der Waals surface area contributed by atoms with Crippen molar-refractivity contribution in [3.05, 3.63) is 72.7 Å². The molecule has 0 saturated carbocycles. The molecule has 1 aliphatic rings. The first-order chi connectivity index (χ1) is 20.0. The minimum Gasteiger partial charge on any atom is -0.463 e. The number of benzene rings is 1. The van der Waals surface area contributed by atoms with Gasteiger partial charge in [-0.15, -0.1) is 0 Å². The van der Waals surface area contributed by atoms with Crippen LogP contribution in [0.4, 0.5) is 29.0 Å². The first-order valence-corrected chi connectivity index (χ1v) is 13.9. The molecule has 1 fully saturated rings. The fourth-order valence-electron chi connectivity index (χ4n) is 4.54. The van der Waals surface area contributed by atoms with Crippen LogP contribution < -0.4 is 20.9 Å². The Balaban J connectivity index is 1.23. The molecule has 0 bridgehead atoms. The summed E-state index contributed by atoms with van der Waals surface area (Å²) in [6, 6.07) is 17.4. The van der Waals surface area contributed by atoms with Crippen molar-refractivity contribution < 1.29 is 9.53 Å². The molecule has 0 amide bonds. The van der Waals surface area contributed by atoms with Gasteiger partial charge in [-0.25, -0.2) is 19.9 Å². The molecule has 0 spiro atoms. The maximum atomic E-state index is 12.4. The monoisotopic (exact) mass is 553 g/mol. The molecule has 3 N–H and O–H groups in total. The predicted molar refractivity (Wildman–Crippen MR) is 160 cm³/mol. The maximum absolute atomic E-state index is 12.4. The summed E-state index contributed by atoms with van der Waals surface area (Å²) in [6.07, 6.45) is 4.46. The largest absolute Gasteiger partial charge is 0.463 e. The lowest BCUT2D eigenvalue weighted by Gasteiger charge is -2.37. The first-order valence-electron chi connectivity index (χ1n) is 13.9. The highest BCUT2D eigenvalue weighted by atomic mass is 16.5. The highest BCUT2D eigenvalue weighted by Gasteiger charge is 2.26. The molecule has 4 aromatic rings. The summed E-state index contributed by atoms with van der Waals surface area (Å²) < 4.78 is 5.52. The molecular weight excluding hydrogens is 518 g/mol. The van der Waals surface area contributed by atoms with Crippen LogP contribution in [0.5, 0.6) is 0 Å². The Kier molecular flexibility index (Phi) is 8.95. The van der Waals surface area contributed by atoms with Crippen molar-refractivity contribution in [3.8, 4) is 11.5 Å². The van der Waals surface area contributed by atoms with E-state index < -0.39 is 0 Å². The molecular formula is C30H35N9O2. The van der Waals surface area contributed by atoms with E-state index in [4.69, 9.17) is 4.74 Å². The Hall–Kier alpha value is -4.64. The number of ether oxygens (including phenoxy) is 1. The zero-order valence-electron chi connectivity index (χ0n) is 23.5. The molecule has 1 aliphatic heterocycles. The van der Waals surface area contributed by atoms with Gasteiger partial charge in [-0.05, 0) is 68.8 Å². The highest BCUT2D eigenvalue weighted by molar-refractivity contribution is 5.71. The molecule has 11 nitrogen and oxygen atoms in total. The molecule has 1 saturated heterocycles. The number of esters is 1. The lowest BCUT2D eigenvalue weighted by atomic mass is 10.1. The molecule has 1 unspecified atom stereocenters. The smallest absolute Gasteiger partial charge is 0.308 e. The molecule has 1 aromatic carbocycles. The average molecular weight is 554 g/mol. The van der Waals surface area contributed by atoms with E-state index in [1.54, 1.807) is 24.5 Å². The van der Waals surface area contributed by atoms with Crippen molar-refractivity contribution in [1.82, 2.24) is 30.2 Å². The van der Waals surface area contributed by atoms with E-state index >= 15 is 0 Å². The number of aromatic nitrogens is 5. The van der Waals surface area contributed by atoms with Gasteiger partial charge in [-0.1, -0.05) is 13.0 Å². The van der Waals surface area contributed by atoms with Crippen LogP contribution in [0, 0.1) is 6.92 Å². The van der Waals surface area contributed by atoms with Crippen LogP contribution in [0.25, 0.3) is 11.5 Å².